The SMILES string of the molecule is Cc1ccc(Cn2nc(C(=O)Nc3onc4c3CSC4)ccc2=O)cc1. The Morgan fingerprint density at radius 3 is 2.85 bits per heavy atom. The van der Waals surface area contributed by atoms with E-state index in [0.717, 1.165) is 33.9 Å². The fourth-order valence-electron chi connectivity index (χ4n) is 2.67. The molecule has 0 bridgehead atoms. The number of aryl methyl sites for hydroxylation is 1. The number of thioether (sulfide) groups is 1. The molecule has 2 aromatic heterocycles. The normalized spacial score (nSPS) is 12.8. The lowest BCUT2D eigenvalue weighted by molar-refractivity contribution is 0.101. The molecule has 0 radical (unpaired) electrons. The Labute approximate surface area is 153 Å². The highest BCUT2D eigenvalue weighted by Crippen LogP contribution is 2.34. The quantitative estimate of drug-likeness (QED) is 0.761. The topological polar surface area (TPSA) is 90.0 Å². The first-order valence-electron chi connectivity index (χ1n) is 8.10. The molecule has 1 aliphatic rings. The minimum Gasteiger partial charge on any atom is -0.338 e. The van der Waals surface area contributed by atoms with Gasteiger partial charge in [0.2, 0.25) is 5.88 Å². The first-order chi connectivity index (χ1) is 12.6. The van der Waals surface area contributed by atoms with Crippen molar-refractivity contribution in [2.24, 2.45) is 0 Å². The Morgan fingerprint density at radius 2 is 2.04 bits per heavy atom. The number of rotatable bonds is 4. The number of nitrogens with zero attached hydrogens (tertiary/aromatic N) is 3. The van der Waals surface area contributed by atoms with Crippen LogP contribution in [0.3, 0.4) is 0 Å². The lowest BCUT2D eigenvalue weighted by Gasteiger charge is -2.07. The average Bonchev–Trinajstić information content (AvgIpc) is 3.24. The number of hydrogen-bond acceptors (Lipinski definition) is 6. The molecule has 26 heavy (non-hydrogen) atoms. The molecule has 3 aromatic rings. The highest BCUT2D eigenvalue weighted by Gasteiger charge is 2.23. The molecule has 0 atom stereocenters. The number of carbonyl (C=O) groups excluding carboxylic acids is 1. The van der Waals surface area contributed by atoms with E-state index >= 15 is 0 Å². The van der Waals surface area contributed by atoms with Gasteiger partial charge in [-0.25, -0.2) is 4.68 Å². The van der Waals surface area contributed by atoms with Crippen LogP contribution in [0, 0.1) is 6.92 Å². The minimum absolute atomic E-state index is 0.146. The smallest absolute Gasteiger partial charge is 0.278 e. The summed E-state index contributed by atoms with van der Waals surface area (Å²) in [5.74, 6) is 1.47. The molecule has 1 amide bonds. The molecule has 3 heterocycles. The van der Waals surface area contributed by atoms with Crippen LogP contribution in [0.15, 0.2) is 45.7 Å². The highest BCUT2D eigenvalue weighted by molar-refractivity contribution is 7.98. The third-order valence-corrected chi connectivity index (χ3v) is 5.10. The first-order valence-corrected chi connectivity index (χ1v) is 9.26. The molecule has 1 aliphatic heterocycles. The lowest BCUT2D eigenvalue weighted by Crippen LogP contribution is -2.26. The molecule has 7 nitrogen and oxygen atoms in total. The maximum atomic E-state index is 12.5. The van der Waals surface area contributed by atoms with E-state index in [1.54, 1.807) is 11.8 Å². The van der Waals surface area contributed by atoms with Crippen LogP contribution in [0.4, 0.5) is 5.88 Å². The van der Waals surface area contributed by atoms with Crippen LogP contribution in [0.5, 0.6) is 0 Å². The molecule has 0 aliphatic carbocycles. The third kappa shape index (κ3) is 3.28. The monoisotopic (exact) mass is 368 g/mol. The summed E-state index contributed by atoms with van der Waals surface area (Å²) >= 11 is 1.72. The fourth-order valence-corrected chi connectivity index (χ4v) is 3.69. The molecule has 132 valence electrons. The van der Waals surface area contributed by atoms with E-state index in [-0.39, 0.29) is 11.3 Å². The molecule has 1 aromatic carbocycles. The largest absolute Gasteiger partial charge is 0.338 e. The van der Waals surface area contributed by atoms with Gasteiger partial charge in [-0.05, 0) is 18.6 Å². The Balaban J connectivity index is 1.55. The van der Waals surface area contributed by atoms with Gasteiger partial charge in [-0.3, -0.25) is 14.9 Å². The van der Waals surface area contributed by atoms with E-state index in [9.17, 15) is 9.59 Å². The Kier molecular flexibility index (Phi) is 4.34. The van der Waals surface area contributed by atoms with Gasteiger partial charge in [-0.1, -0.05) is 35.0 Å². The van der Waals surface area contributed by atoms with Gasteiger partial charge in [-0.15, -0.1) is 0 Å². The van der Waals surface area contributed by atoms with Crippen molar-refractivity contribution in [3.8, 4) is 0 Å². The molecule has 1 N–H and O–H groups in total. The van der Waals surface area contributed by atoms with E-state index in [2.05, 4.69) is 15.6 Å². The van der Waals surface area contributed by atoms with Crippen molar-refractivity contribution in [2.45, 2.75) is 25.0 Å². The minimum atomic E-state index is -0.432. The zero-order chi connectivity index (χ0) is 18.1. The summed E-state index contributed by atoms with van der Waals surface area (Å²) in [6.45, 7) is 2.30. The standard InChI is InChI=1S/C18H16N4O3S/c1-11-2-4-12(5-3-11)8-22-16(23)7-6-14(20-22)17(24)19-18-13-9-26-10-15(13)21-25-18/h2-7H,8-10H2,1H3,(H,19,24). The van der Waals surface area contributed by atoms with Gasteiger partial charge in [-0.2, -0.15) is 16.9 Å². The number of aromatic nitrogens is 3. The molecule has 4 rings (SSSR count). The first kappa shape index (κ1) is 16.6. The Bertz CT molecular complexity index is 1020. The second kappa shape index (κ2) is 6.80. The molecule has 0 unspecified atom stereocenters. The van der Waals surface area contributed by atoms with Gasteiger partial charge in [0.05, 0.1) is 17.8 Å². The zero-order valence-electron chi connectivity index (χ0n) is 14.1. The van der Waals surface area contributed by atoms with Gasteiger partial charge < -0.3 is 4.52 Å². The number of hydrogen-bond donors (Lipinski definition) is 1. The third-order valence-electron chi connectivity index (χ3n) is 4.13. The van der Waals surface area contributed by atoms with Crippen molar-refractivity contribution < 1.29 is 9.32 Å². The number of nitrogens with one attached hydrogen (secondary N) is 1. The summed E-state index contributed by atoms with van der Waals surface area (Å²) in [6, 6.07) is 10.6. The van der Waals surface area contributed by atoms with Crippen LogP contribution < -0.4 is 10.9 Å². The molecular weight excluding hydrogens is 352 g/mol. The number of anilines is 1. The molecule has 8 heteroatoms. The average molecular weight is 368 g/mol. The number of carbonyl (C=O) groups is 1. The Morgan fingerprint density at radius 1 is 1.23 bits per heavy atom. The van der Waals surface area contributed by atoms with Gasteiger partial charge in [0, 0.05) is 17.6 Å². The van der Waals surface area contributed by atoms with Crippen LogP contribution in [0.25, 0.3) is 0 Å². The van der Waals surface area contributed by atoms with Crippen LogP contribution in [0.1, 0.15) is 32.9 Å². The van der Waals surface area contributed by atoms with E-state index < -0.39 is 5.91 Å². The van der Waals surface area contributed by atoms with Crippen molar-refractivity contribution in [3.05, 3.63) is 74.8 Å². The molecular formula is C18H16N4O3S. The zero-order valence-corrected chi connectivity index (χ0v) is 14.9. The van der Waals surface area contributed by atoms with Gasteiger partial charge >= 0.3 is 0 Å². The van der Waals surface area contributed by atoms with Gasteiger partial charge in [0.15, 0.2) is 0 Å². The number of benzene rings is 1. The summed E-state index contributed by atoms with van der Waals surface area (Å²) < 4.78 is 6.48. The summed E-state index contributed by atoms with van der Waals surface area (Å²) in [5.41, 5.74) is 3.73. The van der Waals surface area contributed by atoms with Crippen LogP contribution in [-0.4, -0.2) is 20.8 Å². The van der Waals surface area contributed by atoms with E-state index in [1.165, 1.54) is 16.8 Å². The Hall–Kier alpha value is -2.87. The van der Waals surface area contributed by atoms with Crippen molar-refractivity contribution in [3.63, 3.8) is 0 Å². The highest BCUT2D eigenvalue weighted by atomic mass is 32.2. The summed E-state index contributed by atoms with van der Waals surface area (Å²) in [5, 5.41) is 10.8. The van der Waals surface area contributed by atoms with Crippen molar-refractivity contribution >= 4 is 23.6 Å². The fraction of sp³-hybridized carbons (Fsp3) is 0.222. The second-order valence-corrected chi connectivity index (χ2v) is 7.07. The predicted octanol–water partition coefficient (Wildman–Crippen LogP) is 2.59. The van der Waals surface area contributed by atoms with E-state index in [0.29, 0.717) is 12.4 Å². The maximum absolute atomic E-state index is 12.5. The summed E-state index contributed by atoms with van der Waals surface area (Å²) in [6.07, 6.45) is 0. The summed E-state index contributed by atoms with van der Waals surface area (Å²) in [7, 11) is 0. The summed E-state index contributed by atoms with van der Waals surface area (Å²) in [4.78, 5) is 24.6. The predicted molar refractivity (Wildman–Crippen MR) is 98.2 cm³/mol. The van der Waals surface area contributed by atoms with Crippen molar-refractivity contribution in [1.82, 2.24) is 14.9 Å². The molecule has 0 saturated heterocycles. The van der Waals surface area contributed by atoms with Crippen LogP contribution in [-0.2, 0) is 18.1 Å². The van der Waals surface area contributed by atoms with Crippen molar-refractivity contribution in [2.75, 3.05) is 5.32 Å². The van der Waals surface area contributed by atoms with Gasteiger partial charge in [0.25, 0.3) is 11.5 Å². The van der Waals surface area contributed by atoms with Crippen LogP contribution in [0.2, 0.25) is 0 Å². The van der Waals surface area contributed by atoms with E-state index in [4.69, 9.17) is 4.52 Å². The van der Waals surface area contributed by atoms with Gasteiger partial charge in [0.1, 0.15) is 5.69 Å². The van der Waals surface area contributed by atoms with Crippen LogP contribution >= 0.6 is 11.8 Å². The number of fused-ring (bicyclic) bond motifs is 1. The number of amides is 1. The van der Waals surface area contributed by atoms with E-state index in [1.807, 2.05) is 31.2 Å². The molecule has 0 saturated carbocycles. The van der Waals surface area contributed by atoms with Crippen molar-refractivity contribution in [1.29, 1.82) is 0 Å². The molecule has 0 fully saturated rings. The molecule has 0 spiro atoms. The lowest BCUT2D eigenvalue weighted by atomic mass is 10.1. The maximum Gasteiger partial charge on any atom is 0.278 e. The second-order valence-electron chi connectivity index (χ2n) is 6.08.